The number of aliphatic hydroxyl groups excluding tert-OH is 1. The maximum absolute atomic E-state index is 12.7. The topological polar surface area (TPSA) is 99.5 Å². The molecule has 0 fully saturated rings. The third-order valence-corrected chi connectivity index (χ3v) is 5.38. The Labute approximate surface area is 179 Å². The van der Waals surface area contributed by atoms with Crippen molar-refractivity contribution in [2.24, 2.45) is 0 Å². The van der Waals surface area contributed by atoms with Crippen molar-refractivity contribution in [3.63, 3.8) is 0 Å². The number of imidazole rings is 1. The van der Waals surface area contributed by atoms with Gasteiger partial charge in [-0.15, -0.1) is 0 Å². The highest BCUT2D eigenvalue weighted by molar-refractivity contribution is 5.93. The van der Waals surface area contributed by atoms with E-state index in [1.165, 1.54) is 11.8 Å². The maximum Gasteiger partial charge on any atom is 0.292 e. The molecule has 3 N–H and O–H groups in total. The Bertz CT molecular complexity index is 1290. The van der Waals surface area contributed by atoms with Crippen LogP contribution in [0.4, 0.5) is 0 Å². The van der Waals surface area contributed by atoms with E-state index in [9.17, 15) is 14.7 Å². The molecule has 0 spiro atoms. The number of benzene rings is 2. The van der Waals surface area contributed by atoms with Crippen LogP contribution in [0.1, 0.15) is 27.2 Å². The lowest BCUT2D eigenvalue weighted by Gasteiger charge is -2.15. The van der Waals surface area contributed by atoms with Gasteiger partial charge in [0.15, 0.2) is 0 Å². The van der Waals surface area contributed by atoms with Crippen molar-refractivity contribution in [1.29, 1.82) is 0 Å². The minimum Gasteiger partial charge on any atom is -0.394 e. The lowest BCUT2D eigenvalue weighted by atomic mass is 10.0. The molecule has 0 aliphatic rings. The molecule has 2 aromatic heterocycles. The van der Waals surface area contributed by atoms with Gasteiger partial charge in [0.25, 0.3) is 11.5 Å². The van der Waals surface area contributed by atoms with Gasteiger partial charge in [-0.05, 0) is 48.6 Å². The van der Waals surface area contributed by atoms with E-state index in [1.807, 2.05) is 62.4 Å². The van der Waals surface area contributed by atoms with Crippen LogP contribution in [-0.4, -0.2) is 38.0 Å². The van der Waals surface area contributed by atoms with Crippen LogP contribution < -0.4 is 10.9 Å². The Balaban J connectivity index is 1.59. The van der Waals surface area contributed by atoms with Crippen LogP contribution in [0.2, 0.25) is 0 Å². The first-order valence-corrected chi connectivity index (χ1v) is 10.1. The van der Waals surface area contributed by atoms with Crippen molar-refractivity contribution in [1.82, 2.24) is 19.7 Å². The van der Waals surface area contributed by atoms with E-state index in [1.54, 1.807) is 10.6 Å². The molecule has 0 bridgehead atoms. The second-order valence-electron chi connectivity index (χ2n) is 7.70. The number of carbonyl (C=O) groups is 1. The summed E-state index contributed by atoms with van der Waals surface area (Å²) < 4.78 is 1.56. The van der Waals surface area contributed by atoms with Gasteiger partial charge < -0.3 is 15.4 Å². The van der Waals surface area contributed by atoms with Gasteiger partial charge in [-0.1, -0.05) is 42.5 Å². The zero-order chi connectivity index (χ0) is 22.0. The predicted octanol–water partition coefficient (Wildman–Crippen LogP) is 2.64. The van der Waals surface area contributed by atoms with E-state index < -0.39 is 11.9 Å². The fourth-order valence-electron chi connectivity index (χ4n) is 3.49. The first-order valence-electron chi connectivity index (χ1n) is 10.1. The Morgan fingerprint density at radius 3 is 2.61 bits per heavy atom. The van der Waals surface area contributed by atoms with Crippen LogP contribution in [-0.2, 0) is 6.42 Å². The van der Waals surface area contributed by atoms with Crippen LogP contribution in [0.15, 0.2) is 65.7 Å². The van der Waals surface area contributed by atoms with Crippen molar-refractivity contribution >= 4 is 11.6 Å². The third-order valence-electron chi connectivity index (χ3n) is 5.38. The summed E-state index contributed by atoms with van der Waals surface area (Å²) in [5.74, 6) is -0.439. The van der Waals surface area contributed by atoms with E-state index >= 15 is 0 Å². The van der Waals surface area contributed by atoms with Crippen LogP contribution in [0.5, 0.6) is 0 Å². The number of aromatic nitrogens is 3. The van der Waals surface area contributed by atoms with Crippen molar-refractivity contribution in [3.05, 3.63) is 93.7 Å². The number of rotatable bonds is 6. The van der Waals surface area contributed by atoms with Gasteiger partial charge in [0.2, 0.25) is 5.65 Å². The second-order valence-corrected chi connectivity index (χ2v) is 7.70. The average molecular weight is 416 g/mol. The number of fused-ring (bicyclic) bond motifs is 1. The van der Waals surface area contributed by atoms with Gasteiger partial charge >= 0.3 is 0 Å². The van der Waals surface area contributed by atoms with Gasteiger partial charge in [-0.2, -0.15) is 0 Å². The van der Waals surface area contributed by atoms with E-state index in [-0.39, 0.29) is 23.5 Å². The molecule has 1 amide bonds. The molecule has 4 rings (SSSR count). The Morgan fingerprint density at radius 1 is 1.13 bits per heavy atom. The summed E-state index contributed by atoms with van der Waals surface area (Å²) in [5, 5.41) is 12.5. The minimum absolute atomic E-state index is 0.120. The second kappa shape index (κ2) is 8.57. The lowest BCUT2D eigenvalue weighted by molar-refractivity contribution is 0.0912. The van der Waals surface area contributed by atoms with Gasteiger partial charge in [-0.25, -0.2) is 4.98 Å². The minimum atomic E-state index is -0.455. The third kappa shape index (κ3) is 4.41. The molecule has 0 radical (unpaired) electrons. The number of aromatic amines is 1. The van der Waals surface area contributed by atoms with E-state index in [4.69, 9.17) is 0 Å². The summed E-state index contributed by atoms with van der Waals surface area (Å²) in [4.78, 5) is 32.3. The van der Waals surface area contributed by atoms with E-state index in [2.05, 4.69) is 15.3 Å². The smallest absolute Gasteiger partial charge is 0.292 e. The highest BCUT2D eigenvalue weighted by Gasteiger charge is 2.18. The van der Waals surface area contributed by atoms with Crippen molar-refractivity contribution in [2.75, 3.05) is 6.61 Å². The molecule has 2 aromatic carbocycles. The Kier molecular flexibility index (Phi) is 5.68. The molecule has 2 heterocycles. The van der Waals surface area contributed by atoms with Crippen LogP contribution in [0.3, 0.4) is 0 Å². The van der Waals surface area contributed by atoms with Crippen LogP contribution in [0, 0.1) is 13.8 Å². The summed E-state index contributed by atoms with van der Waals surface area (Å²) in [6.07, 6.45) is 3.77. The zero-order valence-corrected chi connectivity index (χ0v) is 17.4. The molecule has 7 nitrogen and oxygen atoms in total. The van der Waals surface area contributed by atoms with Crippen molar-refractivity contribution in [3.8, 4) is 11.3 Å². The molecule has 0 saturated carbocycles. The number of nitrogens with one attached hydrogen (secondary N) is 2. The molecule has 1 atom stereocenters. The molecule has 0 aliphatic carbocycles. The Morgan fingerprint density at radius 2 is 1.90 bits per heavy atom. The van der Waals surface area contributed by atoms with Crippen LogP contribution >= 0.6 is 0 Å². The van der Waals surface area contributed by atoms with Gasteiger partial charge in [0.1, 0.15) is 5.69 Å². The zero-order valence-electron chi connectivity index (χ0n) is 17.4. The molecule has 158 valence electrons. The number of aryl methyl sites for hydroxylation is 2. The summed E-state index contributed by atoms with van der Waals surface area (Å²) in [7, 11) is 0. The normalized spacial score (nSPS) is 12.1. The van der Waals surface area contributed by atoms with Crippen molar-refractivity contribution in [2.45, 2.75) is 26.3 Å². The maximum atomic E-state index is 12.7. The molecule has 31 heavy (non-hydrogen) atoms. The standard InChI is InChI=1S/C24H24N4O3/c1-15-8-9-18(10-16(15)2)20-12-28-13-21(26-22(28)24(31)27-20)23(30)25-19(14-29)11-17-6-4-3-5-7-17/h3-10,12-13,19,29H,11,14H2,1-2H3,(H,25,30)(H,27,31)/t19-/m0/s1. The summed E-state index contributed by atoms with van der Waals surface area (Å²) in [5.41, 5.74) is 4.70. The number of H-pyrrole nitrogens is 1. The lowest BCUT2D eigenvalue weighted by Crippen LogP contribution is -2.39. The van der Waals surface area contributed by atoms with Crippen LogP contribution in [0.25, 0.3) is 16.9 Å². The van der Waals surface area contributed by atoms with E-state index in [0.29, 0.717) is 12.1 Å². The summed E-state index contributed by atoms with van der Waals surface area (Å²) in [6.45, 7) is 3.84. The summed E-state index contributed by atoms with van der Waals surface area (Å²) in [6, 6.07) is 15.1. The first kappa shape index (κ1) is 20.6. The first-order chi connectivity index (χ1) is 14.9. The molecular formula is C24H24N4O3. The molecule has 0 unspecified atom stereocenters. The molecule has 7 heteroatoms. The van der Waals surface area contributed by atoms with Gasteiger partial charge in [-0.3, -0.25) is 14.0 Å². The van der Waals surface area contributed by atoms with Gasteiger partial charge in [0.05, 0.1) is 18.3 Å². The van der Waals surface area contributed by atoms with E-state index in [0.717, 1.165) is 16.7 Å². The quantitative estimate of drug-likeness (QED) is 0.450. The number of carbonyl (C=O) groups excluding carboxylic acids is 1. The number of nitrogens with zero attached hydrogens (tertiary/aromatic N) is 2. The highest BCUT2D eigenvalue weighted by Crippen LogP contribution is 2.20. The fraction of sp³-hybridized carbons (Fsp3) is 0.208. The number of amides is 1. The number of hydrogen-bond donors (Lipinski definition) is 3. The fourth-order valence-corrected chi connectivity index (χ4v) is 3.49. The van der Waals surface area contributed by atoms with Crippen molar-refractivity contribution < 1.29 is 9.90 Å². The number of aliphatic hydroxyl groups is 1. The van der Waals surface area contributed by atoms with Gasteiger partial charge in [0, 0.05) is 12.4 Å². The Hall–Kier alpha value is -3.71. The number of hydrogen-bond acceptors (Lipinski definition) is 4. The molecule has 0 aliphatic heterocycles. The largest absolute Gasteiger partial charge is 0.394 e. The summed E-state index contributed by atoms with van der Waals surface area (Å²) >= 11 is 0. The average Bonchev–Trinajstić information content (AvgIpc) is 3.21. The molecular weight excluding hydrogens is 392 g/mol. The predicted molar refractivity (Wildman–Crippen MR) is 119 cm³/mol. The molecule has 0 saturated heterocycles. The molecule has 4 aromatic rings. The SMILES string of the molecule is Cc1ccc(-c2cn3cc(C(=O)N[C@H](CO)Cc4ccccc4)nc3c(=O)[nH]2)cc1C. The monoisotopic (exact) mass is 416 g/mol. The highest BCUT2D eigenvalue weighted by atomic mass is 16.3.